The summed E-state index contributed by atoms with van der Waals surface area (Å²) in [7, 11) is 6.97. The SMILES string of the molecule is CC1CC(C)CN(Cc2cc(O)c3c(c2N(C)C)C[C@H]2C[C@H]4[C@H](N(C)C)C(=O)C(C(N)=O)=C(O)[C@@]4(O)C(=O)C2=C3O)C1. The van der Waals surface area contributed by atoms with E-state index in [0.29, 0.717) is 23.9 Å². The van der Waals surface area contributed by atoms with Crippen LogP contribution in [-0.4, -0.2) is 101 Å². The number of fused-ring (bicyclic) bond motifs is 3. The van der Waals surface area contributed by atoms with E-state index in [1.165, 1.54) is 11.3 Å². The molecule has 5 rings (SSSR count). The Kier molecular flexibility index (Phi) is 7.44. The molecule has 1 amide bonds. The van der Waals surface area contributed by atoms with E-state index in [2.05, 4.69) is 18.7 Å². The minimum Gasteiger partial charge on any atom is -0.508 e. The molecule has 1 aromatic rings. The average Bonchev–Trinajstić information content (AvgIpc) is 2.84. The maximum absolute atomic E-state index is 14.1. The number of aliphatic hydroxyl groups excluding tert-OH is 2. The number of likely N-dealkylation sites (N-methyl/N-ethyl adjacent to an activating group) is 1. The predicted molar refractivity (Wildman–Crippen MR) is 157 cm³/mol. The van der Waals surface area contributed by atoms with Crippen LogP contribution in [0, 0.1) is 23.7 Å². The molecule has 3 aliphatic carbocycles. The summed E-state index contributed by atoms with van der Waals surface area (Å²) in [5, 5.41) is 45.7. The Bertz CT molecular complexity index is 1420. The number of carbonyl (C=O) groups is 3. The van der Waals surface area contributed by atoms with Crippen LogP contribution < -0.4 is 10.6 Å². The Balaban J connectivity index is 1.66. The zero-order valence-corrected chi connectivity index (χ0v) is 25.1. The highest BCUT2D eigenvalue weighted by atomic mass is 16.3. The van der Waals surface area contributed by atoms with Crippen LogP contribution in [0.3, 0.4) is 0 Å². The van der Waals surface area contributed by atoms with Gasteiger partial charge in [-0.3, -0.25) is 24.2 Å². The fourth-order valence-corrected chi connectivity index (χ4v) is 8.21. The lowest BCUT2D eigenvalue weighted by Gasteiger charge is -2.50. The van der Waals surface area contributed by atoms with Crippen LogP contribution in [0.1, 0.15) is 43.4 Å². The van der Waals surface area contributed by atoms with Crippen molar-refractivity contribution in [3.05, 3.63) is 39.7 Å². The number of nitrogens with two attached hydrogens (primary N) is 1. The number of primary amides is 1. The Labute approximate surface area is 245 Å². The maximum Gasteiger partial charge on any atom is 0.255 e. The third kappa shape index (κ3) is 4.40. The highest BCUT2D eigenvalue weighted by Gasteiger charge is 2.64. The van der Waals surface area contributed by atoms with Crippen LogP contribution in [0.15, 0.2) is 23.0 Å². The van der Waals surface area contributed by atoms with E-state index in [4.69, 9.17) is 5.73 Å². The number of piperidine rings is 1. The molecule has 1 saturated carbocycles. The van der Waals surface area contributed by atoms with Gasteiger partial charge in [0, 0.05) is 50.9 Å². The summed E-state index contributed by atoms with van der Waals surface area (Å²) in [6.45, 7) is 6.96. The first-order chi connectivity index (χ1) is 19.6. The third-order valence-corrected chi connectivity index (χ3v) is 9.56. The molecule has 42 heavy (non-hydrogen) atoms. The largest absolute Gasteiger partial charge is 0.508 e. The fraction of sp³-hybridized carbons (Fsp3) is 0.581. The lowest BCUT2D eigenvalue weighted by molar-refractivity contribution is -0.153. The van der Waals surface area contributed by atoms with Crippen LogP contribution in [0.25, 0.3) is 5.76 Å². The number of amides is 1. The number of phenols is 1. The van der Waals surface area contributed by atoms with Gasteiger partial charge in [0.1, 0.15) is 22.8 Å². The molecule has 1 aliphatic heterocycles. The van der Waals surface area contributed by atoms with Crippen LogP contribution >= 0.6 is 0 Å². The number of anilines is 1. The monoisotopic (exact) mass is 582 g/mol. The second kappa shape index (κ2) is 10.4. The van der Waals surface area contributed by atoms with Crippen LogP contribution in [0.5, 0.6) is 5.75 Å². The van der Waals surface area contributed by atoms with Gasteiger partial charge in [-0.15, -0.1) is 0 Å². The van der Waals surface area contributed by atoms with Crippen molar-refractivity contribution < 1.29 is 34.8 Å². The number of nitrogens with zero attached hydrogens (tertiary/aromatic N) is 3. The van der Waals surface area contributed by atoms with Crippen molar-refractivity contribution in [3.63, 3.8) is 0 Å². The first-order valence-corrected chi connectivity index (χ1v) is 14.5. The molecule has 4 aliphatic rings. The smallest absolute Gasteiger partial charge is 0.255 e. The molecule has 0 bridgehead atoms. The van der Waals surface area contributed by atoms with E-state index < -0.39 is 58.0 Å². The molecule has 1 saturated heterocycles. The Morgan fingerprint density at radius 1 is 1.07 bits per heavy atom. The summed E-state index contributed by atoms with van der Waals surface area (Å²) in [5.74, 6) is -5.39. The number of Topliss-reactive ketones (excluding diaryl/α,β-unsaturated/α-hetero) is 2. The average molecular weight is 583 g/mol. The minimum absolute atomic E-state index is 0.0603. The first kappa shape index (κ1) is 30.1. The lowest BCUT2D eigenvalue weighted by Crippen LogP contribution is -2.65. The number of hydrogen-bond donors (Lipinski definition) is 5. The van der Waals surface area contributed by atoms with Crippen LogP contribution in [0.4, 0.5) is 5.69 Å². The molecule has 2 unspecified atom stereocenters. The zero-order valence-electron chi connectivity index (χ0n) is 25.1. The lowest BCUT2D eigenvalue weighted by atomic mass is 9.57. The fourth-order valence-electron chi connectivity index (χ4n) is 8.21. The molecule has 6 atom stereocenters. The number of benzene rings is 1. The van der Waals surface area contributed by atoms with Gasteiger partial charge in [0.15, 0.2) is 11.4 Å². The molecule has 2 fully saturated rings. The highest BCUT2D eigenvalue weighted by molar-refractivity contribution is 6.24. The topological polar surface area (TPSA) is 168 Å². The molecule has 1 heterocycles. The van der Waals surface area contributed by atoms with Crippen molar-refractivity contribution in [1.82, 2.24) is 9.80 Å². The molecular formula is C31H42N4O7. The quantitative estimate of drug-likeness (QED) is 0.321. The van der Waals surface area contributed by atoms with E-state index in [9.17, 15) is 34.8 Å². The molecule has 0 spiro atoms. The molecule has 6 N–H and O–H groups in total. The number of ketones is 2. The van der Waals surface area contributed by atoms with E-state index in [-0.39, 0.29) is 29.7 Å². The van der Waals surface area contributed by atoms with Crippen molar-refractivity contribution in [2.75, 3.05) is 46.2 Å². The second-order valence-electron chi connectivity index (χ2n) is 13.3. The molecule has 228 valence electrons. The van der Waals surface area contributed by atoms with Gasteiger partial charge in [0.25, 0.3) is 5.91 Å². The summed E-state index contributed by atoms with van der Waals surface area (Å²) in [5.41, 5.74) is 4.32. The number of aliphatic hydroxyl groups is 3. The molecular weight excluding hydrogens is 540 g/mol. The van der Waals surface area contributed by atoms with Crippen molar-refractivity contribution >= 4 is 28.9 Å². The summed E-state index contributed by atoms with van der Waals surface area (Å²) in [4.78, 5) is 45.4. The summed E-state index contributed by atoms with van der Waals surface area (Å²) < 4.78 is 0. The maximum atomic E-state index is 14.1. The molecule has 1 aromatic carbocycles. The van der Waals surface area contributed by atoms with Gasteiger partial charge in [0.2, 0.25) is 5.78 Å². The van der Waals surface area contributed by atoms with Crippen LogP contribution in [-0.2, 0) is 27.3 Å². The Morgan fingerprint density at radius 2 is 1.69 bits per heavy atom. The van der Waals surface area contributed by atoms with Gasteiger partial charge in [-0.25, -0.2) is 0 Å². The van der Waals surface area contributed by atoms with Gasteiger partial charge in [0.05, 0.1) is 11.6 Å². The van der Waals surface area contributed by atoms with E-state index in [1.807, 2.05) is 19.0 Å². The number of hydrogen-bond acceptors (Lipinski definition) is 10. The van der Waals surface area contributed by atoms with Gasteiger partial charge in [-0.2, -0.15) is 0 Å². The number of likely N-dealkylation sites (tertiary alicyclic amines) is 1. The molecule has 11 heteroatoms. The zero-order chi connectivity index (χ0) is 31.0. The van der Waals surface area contributed by atoms with Gasteiger partial charge < -0.3 is 31.1 Å². The van der Waals surface area contributed by atoms with E-state index >= 15 is 0 Å². The molecule has 11 nitrogen and oxygen atoms in total. The van der Waals surface area contributed by atoms with Crippen molar-refractivity contribution in [1.29, 1.82) is 0 Å². The molecule has 0 aromatic heterocycles. The Morgan fingerprint density at radius 3 is 2.24 bits per heavy atom. The van der Waals surface area contributed by atoms with Crippen LogP contribution in [0.2, 0.25) is 0 Å². The summed E-state index contributed by atoms with van der Waals surface area (Å²) in [6, 6.07) is 0.516. The standard InChI is InChI=1S/C31H42N4O7/c1-14-7-15(2)12-35(11-14)13-17-10-20(36)22-18(24(17)33(3)4)8-16-9-19-25(34(5)6)27(38)23(30(32)41)29(40)31(19,42)28(39)21(16)26(22)37/h10,14-16,19,25,36-37,40,42H,7-9,11-13H2,1-6H3,(H2,32,41)/t14?,15?,16-,19-,25-,31-/m0/s1. The molecule has 0 radical (unpaired) electrons. The van der Waals surface area contributed by atoms with E-state index in [0.717, 1.165) is 24.3 Å². The number of phenolic OH excluding ortho intramolecular Hbond substituents is 1. The van der Waals surface area contributed by atoms with Gasteiger partial charge in [-0.1, -0.05) is 13.8 Å². The van der Waals surface area contributed by atoms with Crippen molar-refractivity contribution in [3.8, 4) is 5.75 Å². The van der Waals surface area contributed by atoms with E-state index in [1.54, 1.807) is 20.2 Å². The van der Waals surface area contributed by atoms with Crippen molar-refractivity contribution in [2.24, 2.45) is 29.4 Å². The normalized spacial score (nSPS) is 31.7. The number of aromatic hydroxyl groups is 1. The van der Waals surface area contributed by atoms with Crippen molar-refractivity contribution in [2.45, 2.75) is 51.3 Å². The summed E-state index contributed by atoms with van der Waals surface area (Å²) in [6.07, 6.45) is 1.49. The van der Waals surface area contributed by atoms with Gasteiger partial charge >= 0.3 is 0 Å². The highest BCUT2D eigenvalue weighted by Crippen LogP contribution is 2.54. The van der Waals surface area contributed by atoms with Gasteiger partial charge in [-0.05, 0) is 68.3 Å². The summed E-state index contributed by atoms with van der Waals surface area (Å²) >= 11 is 0. The first-order valence-electron chi connectivity index (χ1n) is 14.5. The number of carbonyl (C=O) groups excluding carboxylic acids is 3. The Hall–Kier alpha value is -3.41. The minimum atomic E-state index is -2.65. The number of rotatable bonds is 5. The third-order valence-electron chi connectivity index (χ3n) is 9.56. The predicted octanol–water partition coefficient (Wildman–Crippen LogP) is 1.51. The second-order valence-corrected chi connectivity index (χ2v) is 13.3.